The van der Waals surface area contributed by atoms with Gasteiger partial charge in [-0.2, -0.15) is 5.10 Å². The van der Waals surface area contributed by atoms with Gasteiger partial charge in [0.2, 0.25) is 0 Å². The summed E-state index contributed by atoms with van der Waals surface area (Å²) in [6, 6.07) is 11.7. The number of nitrogens with two attached hydrogens (primary N) is 1. The van der Waals surface area contributed by atoms with E-state index in [1.165, 1.54) is 0 Å². The third-order valence-electron chi connectivity index (χ3n) is 6.08. The van der Waals surface area contributed by atoms with Crippen LogP contribution in [0.5, 0.6) is 0 Å². The third kappa shape index (κ3) is 3.28. The van der Waals surface area contributed by atoms with E-state index in [2.05, 4.69) is 35.0 Å². The van der Waals surface area contributed by atoms with Gasteiger partial charge in [-0.15, -0.1) is 0 Å². The summed E-state index contributed by atoms with van der Waals surface area (Å²) in [6.45, 7) is 1.55. The highest BCUT2D eigenvalue weighted by atomic mass is 15.3. The first-order valence-corrected chi connectivity index (χ1v) is 11.2. The maximum Gasteiger partial charge on any atom is 0.162 e. The summed E-state index contributed by atoms with van der Waals surface area (Å²) in [7, 11) is 0. The van der Waals surface area contributed by atoms with Gasteiger partial charge >= 0.3 is 0 Å². The number of fused-ring (bicyclic) bond motifs is 2. The van der Waals surface area contributed by atoms with Crippen LogP contribution in [0.25, 0.3) is 56.4 Å². The number of aromatic amines is 2. The van der Waals surface area contributed by atoms with Crippen molar-refractivity contribution in [1.82, 2.24) is 45.1 Å². The lowest BCUT2D eigenvalue weighted by Crippen LogP contribution is -2.56. The predicted molar refractivity (Wildman–Crippen MR) is 131 cm³/mol. The van der Waals surface area contributed by atoms with Crippen molar-refractivity contribution in [2.24, 2.45) is 5.73 Å². The molecule has 0 atom stereocenters. The molecule has 7 heterocycles. The highest BCUT2D eigenvalue weighted by Gasteiger charge is 2.25. The van der Waals surface area contributed by atoms with E-state index in [9.17, 15) is 0 Å². The second-order valence-corrected chi connectivity index (χ2v) is 8.45. The zero-order chi connectivity index (χ0) is 23.4. The Morgan fingerprint density at radius 2 is 1.80 bits per heavy atom. The largest absolute Gasteiger partial charge is 0.352 e. The number of aromatic nitrogens is 9. The van der Waals surface area contributed by atoms with Gasteiger partial charge in [0, 0.05) is 37.1 Å². The van der Waals surface area contributed by atoms with E-state index in [4.69, 9.17) is 20.7 Å². The van der Waals surface area contributed by atoms with E-state index >= 15 is 0 Å². The predicted octanol–water partition coefficient (Wildman–Crippen LogP) is 2.56. The van der Waals surface area contributed by atoms with Gasteiger partial charge in [0.25, 0.3) is 0 Å². The van der Waals surface area contributed by atoms with Gasteiger partial charge in [-0.25, -0.2) is 19.9 Å². The van der Waals surface area contributed by atoms with E-state index in [0.717, 1.165) is 41.2 Å². The molecule has 6 aromatic heterocycles. The Balaban J connectivity index is 1.31. The number of imidazole rings is 1. The third-order valence-corrected chi connectivity index (χ3v) is 6.08. The van der Waals surface area contributed by atoms with E-state index < -0.39 is 0 Å². The molecular weight excluding hydrogens is 442 g/mol. The maximum absolute atomic E-state index is 5.92. The first-order valence-electron chi connectivity index (χ1n) is 11.2. The molecular formula is C24H19N11. The van der Waals surface area contributed by atoms with E-state index in [1.807, 2.05) is 36.4 Å². The molecule has 1 aliphatic rings. The van der Waals surface area contributed by atoms with Gasteiger partial charge in [-0.3, -0.25) is 15.1 Å². The Morgan fingerprint density at radius 3 is 2.66 bits per heavy atom. The summed E-state index contributed by atoms with van der Waals surface area (Å²) >= 11 is 0. The molecule has 6 aromatic rings. The standard InChI is InChI=1S/C24H19N11/c25-13-11-35(12-13)19-10-26-9-18(29-19)16-4-5-17-21(30-16)22(34-33-17)24-31-20-14(6-8-28-23(20)32-24)15-3-1-2-7-27-15/h1-10,13H,11-12,25H2,(H,33,34)(H,28,31,32). The second-order valence-electron chi connectivity index (χ2n) is 8.45. The van der Waals surface area contributed by atoms with Gasteiger partial charge in [0.1, 0.15) is 22.5 Å². The number of nitrogens with zero attached hydrogens (tertiary/aromatic N) is 8. The van der Waals surface area contributed by atoms with Crippen LogP contribution in [0.1, 0.15) is 0 Å². The maximum atomic E-state index is 5.92. The molecule has 11 heteroatoms. The molecule has 170 valence electrons. The fourth-order valence-corrected chi connectivity index (χ4v) is 4.29. The fourth-order valence-electron chi connectivity index (χ4n) is 4.29. The van der Waals surface area contributed by atoms with Crippen LogP contribution in [0.2, 0.25) is 0 Å². The molecule has 1 saturated heterocycles. The van der Waals surface area contributed by atoms with Crippen molar-refractivity contribution in [3.05, 3.63) is 61.2 Å². The highest BCUT2D eigenvalue weighted by Crippen LogP contribution is 2.30. The minimum absolute atomic E-state index is 0.180. The number of nitrogens with one attached hydrogen (secondary N) is 2. The quantitative estimate of drug-likeness (QED) is 0.360. The zero-order valence-electron chi connectivity index (χ0n) is 18.4. The minimum atomic E-state index is 0.180. The SMILES string of the molecule is NC1CN(c2cncc(-c3ccc4[nH]nc(-c5nc6c(-c7ccccn7)ccnc6[nH]5)c4n3)n2)C1. The number of H-pyrrole nitrogens is 2. The van der Waals surface area contributed by atoms with Gasteiger partial charge < -0.3 is 15.6 Å². The lowest BCUT2D eigenvalue weighted by atomic mass is 10.1. The fraction of sp³-hybridized carbons (Fsp3) is 0.125. The zero-order valence-corrected chi connectivity index (χ0v) is 18.4. The Bertz CT molecular complexity index is 1680. The Kier molecular flexibility index (Phi) is 4.29. The van der Waals surface area contributed by atoms with Crippen LogP contribution in [0.15, 0.2) is 61.2 Å². The molecule has 0 radical (unpaired) electrons. The van der Waals surface area contributed by atoms with Crippen LogP contribution < -0.4 is 10.6 Å². The van der Waals surface area contributed by atoms with Crippen molar-refractivity contribution in [1.29, 1.82) is 0 Å². The molecule has 0 aliphatic carbocycles. The van der Waals surface area contributed by atoms with Crippen molar-refractivity contribution in [2.45, 2.75) is 6.04 Å². The molecule has 7 rings (SSSR count). The van der Waals surface area contributed by atoms with Crippen LogP contribution in [0.3, 0.4) is 0 Å². The Labute approximate surface area is 198 Å². The van der Waals surface area contributed by atoms with E-state index in [1.54, 1.807) is 24.8 Å². The molecule has 0 spiro atoms. The number of pyridine rings is 3. The molecule has 0 bridgehead atoms. The molecule has 0 saturated carbocycles. The molecule has 1 aliphatic heterocycles. The van der Waals surface area contributed by atoms with Gasteiger partial charge in [-0.05, 0) is 30.3 Å². The first kappa shape index (κ1) is 19.7. The van der Waals surface area contributed by atoms with Crippen LogP contribution >= 0.6 is 0 Å². The molecule has 0 amide bonds. The summed E-state index contributed by atoms with van der Waals surface area (Å²) in [5.41, 5.74) is 12.5. The lowest BCUT2D eigenvalue weighted by molar-refractivity contribution is 0.514. The van der Waals surface area contributed by atoms with Gasteiger partial charge in [0.05, 0.1) is 29.3 Å². The second kappa shape index (κ2) is 7.64. The average molecular weight is 461 g/mol. The summed E-state index contributed by atoms with van der Waals surface area (Å²) in [5.74, 6) is 1.37. The smallest absolute Gasteiger partial charge is 0.162 e. The van der Waals surface area contributed by atoms with Crippen LogP contribution in [0, 0.1) is 0 Å². The van der Waals surface area contributed by atoms with Gasteiger partial charge in [-0.1, -0.05) is 6.07 Å². The lowest BCUT2D eigenvalue weighted by Gasteiger charge is -2.37. The Hall–Kier alpha value is -4.77. The monoisotopic (exact) mass is 461 g/mol. The normalized spacial score (nSPS) is 14.0. The topological polar surface area (TPSA) is 151 Å². The summed E-state index contributed by atoms with van der Waals surface area (Å²) in [6.07, 6.45) is 6.96. The summed E-state index contributed by atoms with van der Waals surface area (Å²) < 4.78 is 0. The molecule has 1 fully saturated rings. The summed E-state index contributed by atoms with van der Waals surface area (Å²) in [4.78, 5) is 33.1. The van der Waals surface area contributed by atoms with Crippen LogP contribution in [-0.2, 0) is 0 Å². The van der Waals surface area contributed by atoms with Crippen molar-refractivity contribution in [3.8, 4) is 34.2 Å². The van der Waals surface area contributed by atoms with E-state index in [0.29, 0.717) is 34.1 Å². The van der Waals surface area contributed by atoms with Crippen molar-refractivity contribution >= 4 is 28.0 Å². The molecule has 4 N–H and O–H groups in total. The molecule has 35 heavy (non-hydrogen) atoms. The number of hydrogen-bond donors (Lipinski definition) is 3. The summed E-state index contributed by atoms with van der Waals surface area (Å²) in [5, 5.41) is 7.54. The first-order chi connectivity index (χ1) is 17.2. The van der Waals surface area contributed by atoms with Crippen molar-refractivity contribution < 1.29 is 0 Å². The molecule has 0 unspecified atom stereocenters. The minimum Gasteiger partial charge on any atom is -0.352 e. The van der Waals surface area contributed by atoms with Gasteiger partial charge in [0.15, 0.2) is 17.2 Å². The Morgan fingerprint density at radius 1 is 0.857 bits per heavy atom. The molecule has 0 aromatic carbocycles. The number of hydrogen-bond acceptors (Lipinski definition) is 9. The average Bonchev–Trinajstić information content (AvgIpc) is 3.51. The molecule has 11 nitrogen and oxygen atoms in total. The van der Waals surface area contributed by atoms with Crippen LogP contribution in [0.4, 0.5) is 5.82 Å². The number of anilines is 1. The van der Waals surface area contributed by atoms with E-state index in [-0.39, 0.29) is 6.04 Å². The van der Waals surface area contributed by atoms with Crippen molar-refractivity contribution in [3.63, 3.8) is 0 Å². The number of rotatable bonds is 4. The van der Waals surface area contributed by atoms with Crippen molar-refractivity contribution in [2.75, 3.05) is 18.0 Å². The highest BCUT2D eigenvalue weighted by molar-refractivity contribution is 5.94. The van der Waals surface area contributed by atoms with Crippen LogP contribution in [-0.4, -0.2) is 64.2 Å².